The number of aromatic nitrogens is 4. The van der Waals surface area contributed by atoms with Crippen LogP contribution in [0.1, 0.15) is 15.9 Å². The van der Waals surface area contributed by atoms with Crippen LogP contribution in [0.3, 0.4) is 0 Å². The van der Waals surface area contributed by atoms with E-state index < -0.39 is 11.5 Å². The summed E-state index contributed by atoms with van der Waals surface area (Å²) in [5.74, 6) is 0.185. The molecular weight excluding hydrogens is 354 g/mol. The number of carbonyl (C=O) groups is 1. The van der Waals surface area contributed by atoms with Gasteiger partial charge in [0.15, 0.2) is 0 Å². The summed E-state index contributed by atoms with van der Waals surface area (Å²) < 4.78 is 1.75. The Bertz CT molecular complexity index is 1180. The summed E-state index contributed by atoms with van der Waals surface area (Å²) in [6, 6.07) is 14.5. The van der Waals surface area contributed by atoms with E-state index in [0.29, 0.717) is 17.2 Å². The molecular formula is C21H17N5O2. The fraction of sp³-hybridized carbons (Fsp3) is 0.0476. The van der Waals surface area contributed by atoms with E-state index in [4.69, 9.17) is 0 Å². The molecule has 0 fully saturated rings. The summed E-state index contributed by atoms with van der Waals surface area (Å²) in [5.41, 5.74) is 2.73. The number of hydrogen-bond acceptors (Lipinski definition) is 4. The van der Waals surface area contributed by atoms with Gasteiger partial charge >= 0.3 is 0 Å². The molecule has 0 unspecified atom stereocenters. The molecule has 0 saturated carbocycles. The number of anilines is 1. The molecule has 3 aromatic heterocycles. The molecule has 0 saturated heterocycles. The Morgan fingerprint density at radius 1 is 1.14 bits per heavy atom. The van der Waals surface area contributed by atoms with Gasteiger partial charge in [0.1, 0.15) is 17.7 Å². The summed E-state index contributed by atoms with van der Waals surface area (Å²) in [5, 5.41) is 2.69. The molecule has 0 aliphatic heterocycles. The average molecular weight is 371 g/mol. The van der Waals surface area contributed by atoms with Crippen molar-refractivity contribution in [1.82, 2.24) is 19.5 Å². The summed E-state index contributed by atoms with van der Waals surface area (Å²) in [6.45, 7) is 1.98. The molecule has 0 atom stereocenters. The van der Waals surface area contributed by atoms with Crippen LogP contribution >= 0.6 is 0 Å². The number of H-pyrrole nitrogens is 1. The largest absolute Gasteiger partial charge is 0.321 e. The first-order valence-corrected chi connectivity index (χ1v) is 8.66. The molecule has 0 aliphatic rings. The fourth-order valence-corrected chi connectivity index (χ4v) is 2.84. The lowest BCUT2D eigenvalue weighted by atomic mass is 10.1. The van der Waals surface area contributed by atoms with Gasteiger partial charge in [0, 0.05) is 18.1 Å². The first-order chi connectivity index (χ1) is 13.6. The second kappa shape index (κ2) is 7.32. The molecule has 4 rings (SSSR count). The number of hydrogen-bond donors (Lipinski definition) is 2. The van der Waals surface area contributed by atoms with Crippen molar-refractivity contribution in [3.8, 4) is 17.1 Å². The van der Waals surface area contributed by atoms with Gasteiger partial charge in [-0.3, -0.25) is 14.2 Å². The minimum atomic E-state index is -0.491. The molecule has 3 heterocycles. The van der Waals surface area contributed by atoms with Crippen LogP contribution < -0.4 is 10.9 Å². The number of pyridine rings is 2. The third-order valence-corrected chi connectivity index (χ3v) is 4.26. The van der Waals surface area contributed by atoms with Crippen LogP contribution in [-0.2, 0) is 0 Å². The van der Waals surface area contributed by atoms with Crippen molar-refractivity contribution in [2.24, 2.45) is 0 Å². The SMILES string of the molecule is Cc1cccc(-c2ccc(C(=O)Nc3ccc(-n4ccnc4)nc3)c(=O)[nH]2)c1. The molecule has 28 heavy (non-hydrogen) atoms. The zero-order valence-electron chi connectivity index (χ0n) is 15.1. The maximum Gasteiger partial charge on any atom is 0.261 e. The second-order valence-corrected chi connectivity index (χ2v) is 6.31. The van der Waals surface area contributed by atoms with Gasteiger partial charge in [-0.15, -0.1) is 0 Å². The minimum absolute atomic E-state index is 0.0371. The first-order valence-electron chi connectivity index (χ1n) is 8.66. The summed E-state index contributed by atoms with van der Waals surface area (Å²) in [7, 11) is 0. The third kappa shape index (κ3) is 3.59. The number of rotatable bonds is 4. The van der Waals surface area contributed by atoms with Crippen LogP contribution in [-0.4, -0.2) is 25.4 Å². The molecule has 4 aromatic rings. The van der Waals surface area contributed by atoms with Crippen LogP contribution in [0.15, 0.2) is 78.2 Å². The lowest BCUT2D eigenvalue weighted by Gasteiger charge is -2.07. The van der Waals surface area contributed by atoms with Gasteiger partial charge in [-0.2, -0.15) is 0 Å². The Hall–Kier alpha value is -4.00. The Morgan fingerprint density at radius 3 is 2.71 bits per heavy atom. The van der Waals surface area contributed by atoms with E-state index in [0.717, 1.165) is 11.1 Å². The topological polar surface area (TPSA) is 92.7 Å². The lowest BCUT2D eigenvalue weighted by Crippen LogP contribution is -2.23. The van der Waals surface area contributed by atoms with E-state index >= 15 is 0 Å². The van der Waals surface area contributed by atoms with Crippen LogP contribution in [0, 0.1) is 6.92 Å². The maximum absolute atomic E-state index is 12.5. The molecule has 7 nitrogen and oxygen atoms in total. The van der Waals surface area contributed by atoms with Gasteiger partial charge < -0.3 is 10.3 Å². The van der Waals surface area contributed by atoms with Crippen molar-refractivity contribution in [3.05, 3.63) is 94.9 Å². The summed E-state index contributed by atoms with van der Waals surface area (Å²) in [4.78, 5) is 35.9. The highest BCUT2D eigenvalue weighted by Gasteiger charge is 2.12. The predicted molar refractivity (Wildman–Crippen MR) is 107 cm³/mol. The number of aryl methyl sites for hydroxylation is 1. The number of benzene rings is 1. The van der Waals surface area contributed by atoms with E-state index in [-0.39, 0.29) is 5.56 Å². The van der Waals surface area contributed by atoms with Crippen LogP contribution in [0.5, 0.6) is 0 Å². The normalized spacial score (nSPS) is 10.6. The molecule has 0 bridgehead atoms. The Kier molecular flexibility index (Phi) is 4.55. The van der Waals surface area contributed by atoms with Crippen LogP contribution in [0.4, 0.5) is 5.69 Å². The highest BCUT2D eigenvalue weighted by molar-refractivity contribution is 6.04. The van der Waals surface area contributed by atoms with E-state index in [1.807, 2.05) is 31.2 Å². The van der Waals surface area contributed by atoms with Crippen molar-refractivity contribution in [1.29, 1.82) is 0 Å². The van der Waals surface area contributed by atoms with Gasteiger partial charge in [-0.1, -0.05) is 23.8 Å². The number of amides is 1. The fourth-order valence-electron chi connectivity index (χ4n) is 2.84. The molecule has 138 valence electrons. The molecule has 1 amide bonds. The molecule has 0 radical (unpaired) electrons. The Labute approximate surface area is 160 Å². The molecule has 1 aromatic carbocycles. The maximum atomic E-state index is 12.5. The minimum Gasteiger partial charge on any atom is -0.321 e. The van der Waals surface area contributed by atoms with Crippen molar-refractivity contribution in [2.45, 2.75) is 6.92 Å². The Balaban J connectivity index is 1.53. The van der Waals surface area contributed by atoms with Gasteiger partial charge in [-0.25, -0.2) is 9.97 Å². The van der Waals surface area contributed by atoms with Crippen LogP contribution in [0.2, 0.25) is 0 Å². The molecule has 0 spiro atoms. The standard InChI is InChI=1S/C21H17N5O2/c1-14-3-2-4-15(11-14)18-7-6-17(21(28)25-18)20(27)24-16-5-8-19(23-12-16)26-10-9-22-13-26/h2-13H,1H3,(H,24,27)(H,25,28). The lowest BCUT2D eigenvalue weighted by molar-refractivity contribution is 0.102. The smallest absolute Gasteiger partial charge is 0.261 e. The quantitative estimate of drug-likeness (QED) is 0.576. The zero-order valence-corrected chi connectivity index (χ0v) is 15.1. The number of carbonyl (C=O) groups excluding carboxylic acids is 1. The van der Waals surface area contributed by atoms with E-state index in [1.54, 1.807) is 41.5 Å². The van der Waals surface area contributed by atoms with E-state index in [1.165, 1.54) is 12.3 Å². The molecule has 0 aliphatic carbocycles. The third-order valence-electron chi connectivity index (χ3n) is 4.26. The van der Waals surface area contributed by atoms with E-state index in [2.05, 4.69) is 20.3 Å². The highest BCUT2D eigenvalue weighted by Crippen LogP contribution is 2.17. The molecule has 7 heteroatoms. The second-order valence-electron chi connectivity index (χ2n) is 6.31. The number of nitrogens with one attached hydrogen (secondary N) is 2. The number of imidazole rings is 1. The van der Waals surface area contributed by atoms with Crippen LogP contribution in [0.25, 0.3) is 17.1 Å². The zero-order chi connectivity index (χ0) is 19.5. The first kappa shape index (κ1) is 17.4. The monoisotopic (exact) mass is 371 g/mol. The average Bonchev–Trinajstić information content (AvgIpc) is 3.23. The van der Waals surface area contributed by atoms with Gasteiger partial charge in [0.2, 0.25) is 0 Å². The number of nitrogens with zero attached hydrogens (tertiary/aromatic N) is 3. The van der Waals surface area contributed by atoms with Crippen molar-refractivity contribution >= 4 is 11.6 Å². The van der Waals surface area contributed by atoms with Crippen molar-refractivity contribution in [3.63, 3.8) is 0 Å². The van der Waals surface area contributed by atoms with Gasteiger partial charge in [0.05, 0.1) is 11.9 Å². The van der Waals surface area contributed by atoms with Gasteiger partial charge in [0.25, 0.3) is 11.5 Å². The van der Waals surface area contributed by atoms with E-state index in [9.17, 15) is 9.59 Å². The predicted octanol–water partition coefficient (Wildman–Crippen LogP) is 3.18. The highest BCUT2D eigenvalue weighted by atomic mass is 16.2. The van der Waals surface area contributed by atoms with Crippen molar-refractivity contribution < 1.29 is 4.79 Å². The molecule has 2 N–H and O–H groups in total. The number of aromatic amines is 1. The Morgan fingerprint density at radius 2 is 2.04 bits per heavy atom. The van der Waals surface area contributed by atoms with Crippen molar-refractivity contribution in [2.75, 3.05) is 5.32 Å². The summed E-state index contributed by atoms with van der Waals surface area (Å²) >= 11 is 0. The summed E-state index contributed by atoms with van der Waals surface area (Å²) in [6.07, 6.45) is 6.60. The van der Waals surface area contributed by atoms with Gasteiger partial charge in [-0.05, 0) is 42.8 Å².